The Hall–Kier alpha value is -3.71. The Labute approximate surface area is 247 Å². The minimum atomic E-state index is -1.49. The van der Waals surface area contributed by atoms with E-state index < -0.39 is 17.4 Å². The lowest BCUT2D eigenvalue weighted by molar-refractivity contribution is -0.129. The summed E-state index contributed by atoms with van der Waals surface area (Å²) < 4.78 is 0. The number of hydrogen-bond donors (Lipinski definition) is 2. The Bertz CT molecular complexity index is 1370. The SMILES string of the molecule is Cl.Cl.NC(=O)[C@@](N)(c1ccc(-c2ccncc2CC(=O)N2CCCC2)cc1)C(c1ccccc1)c1ccccc1. The van der Waals surface area contributed by atoms with E-state index >= 15 is 0 Å². The van der Waals surface area contributed by atoms with Crippen LogP contribution in [-0.2, 0) is 21.5 Å². The van der Waals surface area contributed by atoms with Gasteiger partial charge in [0.05, 0.1) is 6.42 Å². The zero-order valence-electron chi connectivity index (χ0n) is 22.1. The second-order valence-electron chi connectivity index (χ2n) is 9.86. The summed E-state index contributed by atoms with van der Waals surface area (Å²) in [6, 6.07) is 29.0. The molecule has 1 atom stereocenters. The molecule has 40 heavy (non-hydrogen) atoms. The van der Waals surface area contributed by atoms with E-state index in [0.717, 1.165) is 53.7 Å². The Morgan fingerprint density at radius 2 is 1.38 bits per heavy atom. The molecule has 4 aromatic rings. The summed E-state index contributed by atoms with van der Waals surface area (Å²) in [5.41, 5.74) is 16.7. The van der Waals surface area contributed by atoms with E-state index in [1.807, 2.05) is 95.9 Å². The van der Waals surface area contributed by atoms with Crippen molar-refractivity contribution in [3.8, 4) is 11.1 Å². The lowest BCUT2D eigenvalue weighted by Gasteiger charge is -2.36. The summed E-state index contributed by atoms with van der Waals surface area (Å²) in [7, 11) is 0. The van der Waals surface area contributed by atoms with Crippen LogP contribution in [0.1, 0.15) is 41.0 Å². The lowest BCUT2D eigenvalue weighted by Crippen LogP contribution is -2.53. The second kappa shape index (κ2) is 13.6. The molecule has 0 aliphatic carbocycles. The first-order chi connectivity index (χ1) is 18.5. The van der Waals surface area contributed by atoms with Gasteiger partial charge in [0.2, 0.25) is 11.8 Å². The van der Waals surface area contributed by atoms with Crippen LogP contribution in [-0.4, -0.2) is 34.8 Å². The number of likely N-dealkylation sites (tertiary alicyclic amines) is 1. The number of pyridine rings is 1. The third kappa shape index (κ3) is 6.20. The predicted octanol–water partition coefficient (Wildman–Crippen LogP) is 5.23. The number of primary amides is 1. The van der Waals surface area contributed by atoms with Crippen LogP contribution in [0.15, 0.2) is 103 Å². The van der Waals surface area contributed by atoms with Gasteiger partial charge in [0.15, 0.2) is 0 Å². The Kier molecular flexibility index (Phi) is 10.5. The molecule has 1 aliphatic rings. The molecule has 3 aromatic carbocycles. The highest BCUT2D eigenvalue weighted by Gasteiger charge is 2.44. The van der Waals surface area contributed by atoms with Gasteiger partial charge in [-0.3, -0.25) is 14.6 Å². The van der Waals surface area contributed by atoms with Crippen molar-refractivity contribution in [2.75, 3.05) is 13.1 Å². The van der Waals surface area contributed by atoms with E-state index in [-0.39, 0.29) is 30.7 Å². The van der Waals surface area contributed by atoms with Crippen molar-refractivity contribution in [2.24, 2.45) is 11.5 Å². The standard InChI is InChI=1S/C32H32N4O2.2ClH/c33-31(38)32(34,30(24-9-3-1-4-10-24)25-11-5-2-6-12-25)27-15-13-23(14-16-27)28-17-18-35-22-26(28)21-29(37)36-19-7-8-20-36;;/h1-6,9-18,22,30H,7-8,19-21,34H2,(H2,33,38);2*1H/t32-;;/m1../s1. The Balaban J connectivity index is 0.00000220. The lowest BCUT2D eigenvalue weighted by atomic mass is 9.71. The van der Waals surface area contributed by atoms with Gasteiger partial charge in [-0.15, -0.1) is 24.8 Å². The maximum Gasteiger partial charge on any atom is 0.243 e. The zero-order valence-corrected chi connectivity index (χ0v) is 23.7. The molecule has 5 rings (SSSR count). The highest BCUT2D eigenvalue weighted by Crippen LogP contribution is 2.40. The molecule has 0 spiro atoms. The van der Waals surface area contributed by atoms with Gasteiger partial charge < -0.3 is 16.4 Å². The fourth-order valence-electron chi connectivity index (χ4n) is 5.48. The molecule has 0 saturated carbocycles. The third-order valence-corrected chi connectivity index (χ3v) is 7.51. The fraction of sp³-hybridized carbons (Fsp3) is 0.219. The van der Waals surface area contributed by atoms with Crippen LogP contribution >= 0.6 is 24.8 Å². The van der Waals surface area contributed by atoms with Crippen LogP contribution in [0.2, 0.25) is 0 Å². The molecular formula is C32H34Cl2N4O2. The number of amides is 2. The van der Waals surface area contributed by atoms with Crippen molar-refractivity contribution in [2.45, 2.75) is 30.7 Å². The van der Waals surface area contributed by atoms with Crippen molar-refractivity contribution < 1.29 is 9.59 Å². The molecule has 0 radical (unpaired) electrons. The van der Waals surface area contributed by atoms with Gasteiger partial charge in [-0.25, -0.2) is 0 Å². The second-order valence-corrected chi connectivity index (χ2v) is 9.86. The molecule has 6 nitrogen and oxygen atoms in total. The average molecular weight is 578 g/mol. The summed E-state index contributed by atoms with van der Waals surface area (Å²) >= 11 is 0. The predicted molar refractivity (Wildman–Crippen MR) is 163 cm³/mol. The monoisotopic (exact) mass is 576 g/mol. The third-order valence-electron chi connectivity index (χ3n) is 7.51. The highest BCUT2D eigenvalue weighted by molar-refractivity contribution is 5.89. The number of nitrogens with zero attached hydrogens (tertiary/aromatic N) is 2. The average Bonchev–Trinajstić information content (AvgIpc) is 3.50. The molecule has 1 aromatic heterocycles. The van der Waals surface area contributed by atoms with Crippen LogP contribution in [0, 0.1) is 0 Å². The normalized spacial score (nSPS) is 14.1. The number of halogens is 2. The first kappa shape index (κ1) is 30.8. The summed E-state index contributed by atoms with van der Waals surface area (Å²) in [5.74, 6) is -0.969. The molecule has 1 saturated heterocycles. The van der Waals surface area contributed by atoms with E-state index in [4.69, 9.17) is 11.5 Å². The van der Waals surface area contributed by atoms with Crippen LogP contribution in [0.3, 0.4) is 0 Å². The van der Waals surface area contributed by atoms with Gasteiger partial charge in [0, 0.05) is 31.4 Å². The van der Waals surface area contributed by atoms with Gasteiger partial charge >= 0.3 is 0 Å². The highest BCUT2D eigenvalue weighted by atomic mass is 35.5. The van der Waals surface area contributed by atoms with Crippen LogP contribution < -0.4 is 11.5 Å². The molecule has 208 valence electrons. The van der Waals surface area contributed by atoms with E-state index in [2.05, 4.69) is 4.98 Å². The summed E-state index contributed by atoms with van der Waals surface area (Å²) in [6.07, 6.45) is 5.90. The van der Waals surface area contributed by atoms with E-state index in [1.165, 1.54) is 0 Å². The summed E-state index contributed by atoms with van der Waals surface area (Å²) in [4.78, 5) is 32.1. The fourth-order valence-corrected chi connectivity index (χ4v) is 5.48. The molecule has 0 bridgehead atoms. The van der Waals surface area contributed by atoms with Gasteiger partial charge in [0.1, 0.15) is 5.54 Å². The Morgan fingerprint density at radius 1 is 0.825 bits per heavy atom. The van der Waals surface area contributed by atoms with Crippen molar-refractivity contribution >= 4 is 36.6 Å². The number of aromatic nitrogens is 1. The molecule has 8 heteroatoms. The number of rotatable bonds is 8. The maximum atomic E-state index is 13.1. The minimum Gasteiger partial charge on any atom is -0.368 e. The first-order valence-electron chi connectivity index (χ1n) is 13.0. The first-order valence-corrected chi connectivity index (χ1v) is 13.0. The van der Waals surface area contributed by atoms with Crippen molar-refractivity contribution in [3.05, 3.63) is 126 Å². The van der Waals surface area contributed by atoms with Gasteiger partial charge in [-0.1, -0.05) is 84.9 Å². The van der Waals surface area contributed by atoms with Gasteiger partial charge in [-0.05, 0) is 52.3 Å². The molecule has 1 aliphatic heterocycles. The molecule has 4 N–H and O–H groups in total. The summed E-state index contributed by atoms with van der Waals surface area (Å²) in [6.45, 7) is 1.64. The number of carbonyl (C=O) groups excluding carboxylic acids is 2. The Morgan fingerprint density at radius 3 is 1.90 bits per heavy atom. The minimum absolute atomic E-state index is 0. The van der Waals surface area contributed by atoms with E-state index in [1.54, 1.807) is 12.4 Å². The molecule has 1 fully saturated rings. The van der Waals surface area contributed by atoms with E-state index in [0.29, 0.717) is 12.0 Å². The molecule has 0 unspecified atom stereocenters. The van der Waals surface area contributed by atoms with Crippen LogP contribution in [0.25, 0.3) is 11.1 Å². The van der Waals surface area contributed by atoms with Crippen molar-refractivity contribution in [1.29, 1.82) is 0 Å². The van der Waals surface area contributed by atoms with Crippen molar-refractivity contribution in [1.82, 2.24) is 9.88 Å². The quantitative estimate of drug-likeness (QED) is 0.300. The maximum absolute atomic E-state index is 13.1. The molecule has 2 heterocycles. The molecule has 2 amide bonds. The van der Waals surface area contributed by atoms with Crippen LogP contribution in [0.5, 0.6) is 0 Å². The number of carbonyl (C=O) groups is 2. The number of hydrogen-bond acceptors (Lipinski definition) is 4. The number of nitrogens with two attached hydrogens (primary N) is 2. The smallest absolute Gasteiger partial charge is 0.243 e. The molecular weight excluding hydrogens is 543 g/mol. The topological polar surface area (TPSA) is 102 Å². The zero-order chi connectivity index (χ0) is 26.5. The number of benzene rings is 3. The van der Waals surface area contributed by atoms with E-state index in [9.17, 15) is 9.59 Å². The van der Waals surface area contributed by atoms with Gasteiger partial charge in [0.25, 0.3) is 0 Å². The summed E-state index contributed by atoms with van der Waals surface area (Å²) in [5, 5.41) is 0. The van der Waals surface area contributed by atoms with Crippen LogP contribution in [0.4, 0.5) is 0 Å². The largest absolute Gasteiger partial charge is 0.368 e. The van der Waals surface area contributed by atoms with Crippen molar-refractivity contribution in [3.63, 3.8) is 0 Å². The van der Waals surface area contributed by atoms with Gasteiger partial charge in [-0.2, -0.15) is 0 Å².